The van der Waals surface area contributed by atoms with Gasteiger partial charge in [0.1, 0.15) is 11.5 Å². The van der Waals surface area contributed by atoms with Crippen LogP contribution in [-0.4, -0.2) is 35.4 Å². The highest BCUT2D eigenvalue weighted by Gasteiger charge is 2.29. The third-order valence-electron chi connectivity index (χ3n) is 5.42. The lowest BCUT2D eigenvalue weighted by Crippen LogP contribution is -2.27. The van der Waals surface area contributed by atoms with Crippen molar-refractivity contribution < 1.29 is 23.7 Å². The third kappa shape index (κ3) is 4.96. The van der Waals surface area contributed by atoms with Crippen LogP contribution < -0.4 is 0 Å². The van der Waals surface area contributed by atoms with Gasteiger partial charge in [0.2, 0.25) is 0 Å². The molecule has 0 atom stereocenters. The predicted octanol–water partition coefficient (Wildman–Crippen LogP) is 5.07. The zero-order valence-electron chi connectivity index (χ0n) is 18.5. The maximum absolute atomic E-state index is 13.2. The number of rotatable bonds is 8. The van der Waals surface area contributed by atoms with Gasteiger partial charge in [-0.25, -0.2) is 0 Å². The maximum Gasteiger partial charge on any atom is 0.305 e. The molecule has 0 bridgehead atoms. The lowest BCUT2D eigenvalue weighted by Gasteiger charge is -2.20. The molecule has 172 valence electrons. The van der Waals surface area contributed by atoms with Gasteiger partial charge >= 0.3 is 5.97 Å². The van der Waals surface area contributed by atoms with E-state index in [1.54, 1.807) is 35.2 Å². The average molecular weight is 458 g/mol. The molecule has 8 heteroatoms. The lowest BCUT2D eigenvalue weighted by molar-refractivity contribution is -0.384. The molecule has 2 aromatic carbocycles. The van der Waals surface area contributed by atoms with Gasteiger partial charge in [0, 0.05) is 36.2 Å². The summed E-state index contributed by atoms with van der Waals surface area (Å²) in [6, 6.07) is 19.1. The fourth-order valence-electron chi connectivity index (χ4n) is 3.70. The van der Waals surface area contributed by atoms with Gasteiger partial charge in [-0.2, -0.15) is 0 Å². The Kier molecular flexibility index (Phi) is 6.68. The molecule has 0 radical (unpaired) electrons. The van der Waals surface area contributed by atoms with Crippen LogP contribution in [0.5, 0.6) is 0 Å². The molecule has 0 spiro atoms. The SMILES string of the molecule is COC(=O)CCCN1C(=O)/C(=C/c2ccc(-c3ccc([N+](=O)[O-])cc3)o2)C=C1c1ccccc1. The summed E-state index contributed by atoms with van der Waals surface area (Å²) in [6.45, 7) is 0.373. The Bertz CT molecular complexity index is 1270. The van der Waals surface area contributed by atoms with Gasteiger partial charge in [0.25, 0.3) is 11.6 Å². The van der Waals surface area contributed by atoms with Crippen molar-refractivity contribution in [2.24, 2.45) is 0 Å². The van der Waals surface area contributed by atoms with Crippen molar-refractivity contribution in [3.63, 3.8) is 0 Å². The van der Waals surface area contributed by atoms with Crippen molar-refractivity contribution in [3.05, 3.63) is 99.8 Å². The number of amides is 1. The van der Waals surface area contributed by atoms with Crippen LogP contribution in [0.2, 0.25) is 0 Å². The first kappa shape index (κ1) is 22.7. The minimum atomic E-state index is -0.457. The summed E-state index contributed by atoms with van der Waals surface area (Å²) in [7, 11) is 1.34. The molecule has 34 heavy (non-hydrogen) atoms. The first-order valence-electron chi connectivity index (χ1n) is 10.7. The lowest BCUT2D eigenvalue weighted by atomic mass is 10.1. The summed E-state index contributed by atoms with van der Waals surface area (Å²) in [6.07, 6.45) is 4.17. The average Bonchev–Trinajstić information content (AvgIpc) is 3.45. The van der Waals surface area contributed by atoms with E-state index in [1.165, 1.54) is 19.2 Å². The minimum absolute atomic E-state index is 0.0000640. The number of carbonyl (C=O) groups is 2. The third-order valence-corrected chi connectivity index (χ3v) is 5.42. The number of nitro groups is 1. The Morgan fingerprint density at radius 2 is 1.79 bits per heavy atom. The quantitative estimate of drug-likeness (QED) is 0.202. The highest BCUT2D eigenvalue weighted by molar-refractivity contribution is 6.10. The zero-order valence-corrected chi connectivity index (χ0v) is 18.5. The van der Waals surface area contributed by atoms with E-state index in [0.29, 0.717) is 35.6 Å². The Morgan fingerprint density at radius 3 is 2.47 bits per heavy atom. The number of nitro benzene ring substituents is 1. The van der Waals surface area contributed by atoms with Gasteiger partial charge in [-0.15, -0.1) is 0 Å². The standard InChI is InChI=1S/C26H22N2O6/c1-33-25(29)8-5-15-27-23(18-6-3-2-4-7-18)17-20(26(27)30)16-22-13-14-24(34-22)19-9-11-21(12-10-19)28(31)32/h2-4,6-7,9-14,16-17H,5,8,15H2,1H3/b20-16+. The molecule has 8 nitrogen and oxygen atoms in total. The monoisotopic (exact) mass is 458 g/mol. The van der Waals surface area contributed by atoms with E-state index in [2.05, 4.69) is 0 Å². The zero-order chi connectivity index (χ0) is 24.1. The summed E-state index contributed by atoms with van der Waals surface area (Å²) in [4.78, 5) is 36.8. The molecule has 1 amide bonds. The Morgan fingerprint density at radius 1 is 1.06 bits per heavy atom. The molecule has 0 aliphatic carbocycles. The van der Waals surface area contributed by atoms with E-state index >= 15 is 0 Å². The first-order valence-corrected chi connectivity index (χ1v) is 10.7. The second-order valence-corrected chi connectivity index (χ2v) is 7.64. The topological polar surface area (TPSA) is 103 Å². The van der Waals surface area contributed by atoms with Crippen LogP contribution in [-0.2, 0) is 14.3 Å². The summed E-state index contributed by atoms with van der Waals surface area (Å²) in [5.41, 5.74) is 2.80. The van der Waals surface area contributed by atoms with Crippen molar-refractivity contribution >= 4 is 29.3 Å². The number of benzene rings is 2. The van der Waals surface area contributed by atoms with Crippen LogP contribution >= 0.6 is 0 Å². The maximum atomic E-state index is 13.2. The molecular formula is C26H22N2O6. The van der Waals surface area contributed by atoms with Crippen molar-refractivity contribution in [1.82, 2.24) is 4.90 Å². The first-order chi connectivity index (χ1) is 16.5. The number of methoxy groups -OCH3 is 1. The van der Waals surface area contributed by atoms with Gasteiger partial charge in [0.15, 0.2) is 0 Å². The molecule has 0 saturated heterocycles. The minimum Gasteiger partial charge on any atom is -0.469 e. The molecule has 4 rings (SSSR count). The number of esters is 1. The Hall–Kier alpha value is -4.46. The van der Waals surface area contributed by atoms with E-state index in [0.717, 1.165) is 11.3 Å². The summed E-state index contributed by atoms with van der Waals surface area (Å²) in [5.74, 6) is 0.519. The molecule has 1 aliphatic rings. The highest BCUT2D eigenvalue weighted by Crippen LogP contribution is 2.32. The highest BCUT2D eigenvalue weighted by atomic mass is 16.6. The molecule has 0 saturated carbocycles. The molecule has 1 aliphatic heterocycles. The molecule has 1 aromatic heterocycles. The van der Waals surface area contributed by atoms with Gasteiger partial charge < -0.3 is 14.1 Å². The van der Waals surface area contributed by atoms with E-state index in [9.17, 15) is 19.7 Å². The number of carbonyl (C=O) groups excluding carboxylic acids is 2. The van der Waals surface area contributed by atoms with Crippen LogP contribution in [0.1, 0.15) is 24.2 Å². The molecule has 0 fully saturated rings. The summed E-state index contributed by atoms with van der Waals surface area (Å²) in [5, 5.41) is 10.9. The largest absolute Gasteiger partial charge is 0.469 e. The van der Waals surface area contributed by atoms with E-state index in [4.69, 9.17) is 9.15 Å². The van der Waals surface area contributed by atoms with Crippen LogP contribution in [0, 0.1) is 10.1 Å². The van der Waals surface area contributed by atoms with Crippen molar-refractivity contribution in [1.29, 1.82) is 0 Å². The van der Waals surface area contributed by atoms with Crippen molar-refractivity contribution in [2.45, 2.75) is 12.8 Å². The van der Waals surface area contributed by atoms with Crippen LogP contribution in [0.25, 0.3) is 23.1 Å². The number of furan rings is 1. The van der Waals surface area contributed by atoms with E-state index < -0.39 is 4.92 Å². The van der Waals surface area contributed by atoms with Gasteiger partial charge in [-0.05, 0) is 48.4 Å². The second kappa shape index (κ2) is 9.99. The Balaban J connectivity index is 1.58. The van der Waals surface area contributed by atoms with E-state index in [-0.39, 0.29) is 24.0 Å². The van der Waals surface area contributed by atoms with E-state index in [1.807, 2.05) is 36.4 Å². The summed E-state index contributed by atoms with van der Waals surface area (Å²) < 4.78 is 10.6. The van der Waals surface area contributed by atoms with Gasteiger partial charge in [-0.1, -0.05) is 30.3 Å². The van der Waals surface area contributed by atoms with Crippen LogP contribution in [0.4, 0.5) is 5.69 Å². The number of nitrogens with zero attached hydrogens (tertiary/aromatic N) is 2. The van der Waals surface area contributed by atoms with Crippen LogP contribution in [0.15, 0.2) is 82.8 Å². The predicted molar refractivity (Wildman–Crippen MR) is 126 cm³/mol. The fraction of sp³-hybridized carbons (Fsp3) is 0.154. The fourth-order valence-corrected chi connectivity index (χ4v) is 3.70. The second-order valence-electron chi connectivity index (χ2n) is 7.64. The molecule has 2 heterocycles. The number of hydrogen-bond acceptors (Lipinski definition) is 6. The molecule has 0 unspecified atom stereocenters. The van der Waals surface area contributed by atoms with Crippen molar-refractivity contribution in [3.8, 4) is 11.3 Å². The van der Waals surface area contributed by atoms with Gasteiger partial charge in [0.05, 0.1) is 17.7 Å². The van der Waals surface area contributed by atoms with Crippen LogP contribution in [0.3, 0.4) is 0 Å². The van der Waals surface area contributed by atoms with Crippen molar-refractivity contribution in [2.75, 3.05) is 13.7 Å². The number of hydrogen-bond donors (Lipinski definition) is 0. The summed E-state index contributed by atoms with van der Waals surface area (Å²) >= 11 is 0. The normalized spacial score (nSPS) is 14.4. The smallest absolute Gasteiger partial charge is 0.305 e. The molecular weight excluding hydrogens is 436 g/mol. The number of ether oxygens (including phenoxy) is 1. The Labute approximate surface area is 195 Å². The molecule has 0 N–H and O–H groups in total. The van der Waals surface area contributed by atoms with Gasteiger partial charge in [-0.3, -0.25) is 19.7 Å². The number of non-ortho nitro benzene ring substituents is 1. The molecule has 3 aromatic rings.